The summed E-state index contributed by atoms with van der Waals surface area (Å²) in [4.78, 5) is 33.6. The summed E-state index contributed by atoms with van der Waals surface area (Å²) >= 11 is 0. The van der Waals surface area contributed by atoms with E-state index in [9.17, 15) is 9.59 Å². The Bertz CT molecular complexity index is 1440. The van der Waals surface area contributed by atoms with E-state index in [1.165, 1.54) is 5.56 Å². The molecule has 5 rings (SSSR count). The third-order valence-corrected chi connectivity index (χ3v) is 6.57. The van der Waals surface area contributed by atoms with Gasteiger partial charge >= 0.3 is 5.97 Å². The number of hydrogen-bond donors (Lipinski definition) is 1. The summed E-state index contributed by atoms with van der Waals surface area (Å²) < 4.78 is 10.9. The van der Waals surface area contributed by atoms with Crippen molar-refractivity contribution in [3.8, 4) is 5.75 Å². The Labute approximate surface area is 216 Å². The average molecular weight is 496 g/mol. The normalized spacial score (nSPS) is 14.0. The summed E-state index contributed by atoms with van der Waals surface area (Å²) in [6.45, 7) is 3.78. The Balaban J connectivity index is 1.40. The van der Waals surface area contributed by atoms with Gasteiger partial charge in [0.15, 0.2) is 6.10 Å². The number of para-hydroxylation sites is 1. The van der Waals surface area contributed by atoms with E-state index >= 15 is 0 Å². The van der Waals surface area contributed by atoms with Gasteiger partial charge < -0.3 is 14.8 Å². The van der Waals surface area contributed by atoms with Crippen LogP contribution in [0.4, 0.5) is 5.69 Å². The van der Waals surface area contributed by atoms with Gasteiger partial charge in [-0.2, -0.15) is 0 Å². The highest BCUT2D eigenvalue weighted by Gasteiger charge is 2.28. The van der Waals surface area contributed by atoms with Crippen LogP contribution in [0.15, 0.2) is 78.9 Å². The van der Waals surface area contributed by atoms with Gasteiger partial charge in [-0.3, -0.25) is 14.7 Å². The van der Waals surface area contributed by atoms with Gasteiger partial charge in [0.2, 0.25) is 0 Å². The minimum absolute atomic E-state index is 0.417. The van der Waals surface area contributed by atoms with Crippen LogP contribution in [-0.2, 0) is 29.0 Å². The van der Waals surface area contributed by atoms with Crippen LogP contribution in [0, 0.1) is 0 Å². The molecule has 0 spiro atoms. The lowest BCUT2D eigenvalue weighted by Crippen LogP contribution is -2.34. The number of fused-ring (bicyclic) bond motifs is 2. The van der Waals surface area contributed by atoms with E-state index in [2.05, 4.69) is 22.3 Å². The SMILES string of the molecule is COc1cccc(NC(=O)C(C)OC(=O)c2c3c(nc4ccccc24)CCN(Cc2ccccc2)C3)c1. The van der Waals surface area contributed by atoms with E-state index in [4.69, 9.17) is 14.5 Å². The second kappa shape index (κ2) is 10.8. The molecule has 7 heteroatoms. The molecule has 1 aliphatic heterocycles. The summed E-state index contributed by atoms with van der Waals surface area (Å²) in [6.07, 6.45) is -0.260. The molecule has 1 atom stereocenters. The Hall–Kier alpha value is -4.23. The summed E-state index contributed by atoms with van der Waals surface area (Å²) in [6, 6.07) is 24.9. The Morgan fingerprint density at radius 3 is 2.62 bits per heavy atom. The molecule has 37 heavy (non-hydrogen) atoms. The molecular formula is C30H29N3O4. The van der Waals surface area contributed by atoms with Gasteiger partial charge in [-0.05, 0) is 30.7 Å². The van der Waals surface area contributed by atoms with Gasteiger partial charge in [0.1, 0.15) is 5.75 Å². The molecule has 0 fully saturated rings. The highest BCUT2D eigenvalue weighted by Crippen LogP contribution is 2.30. The summed E-state index contributed by atoms with van der Waals surface area (Å²) in [5.41, 5.74) is 4.79. The van der Waals surface area contributed by atoms with Crippen molar-refractivity contribution in [1.82, 2.24) is 9.88 Å². The van der Waals surface area contributed by atoms with Crippen LogP contribution in [0.5, 0.6) is 5.75 Å². The minimum Gasteiger partial charge on any atom is -0.497 e. The number of amides is 1. The number of aromatic nitrogens is 1. The van der Waals surface area contributed by atoms with Crippen molar-refractivity contribution in [2.24, 2.45) is 0 Å². The Morgan fingerprint density at radius 2 is 1.81 bits per heavy atom. The fraction of sp³-hybridized carbons (Fsp3) is 0.233. The quantitative estimate of drug-likeness (QED) is 0.364. The number of nitrogens with one attached hydrogen (secondary N) is 1. The predicted octanol–water partition coefficient (Wildman–Crippen LogP) is 4.99. The zero-order chi connectivity index (χ0) is 25.8. The Morgan fingerprint density at radius 1 is 1.03 bits per heavy atom. The Kier molecular flexibility index (Phi) is 7.14. The van der Waals surface area contributed by atoms with E-state index in [1.807, 2.05) is 42.5 Å². The highest BCUT2D eigenvalue weighted by molar-refractivity contribution is 6.06. The lowest BCUT2D eigenvalue weighted by molar-refractivity contribution is -0.123. The van der Waals surface area contributed by atoms with E-state index < -0.39 is 18.0 Å². The lowest BCUT2D eigenvalue weighted by atomic mass is 9.95. The maximum absolute atomic E-state index is 13.6. The van der Waals surface area contributed by atoms with Gasteiger partial charge in [-0.25, -0.2) is 4.79 Å². The standard InChI is InChI=1S/C30H29N3O4/c1-20(29(34)31-22-11-8-12-23(17-22)36-2)37-30(35)28-24-13-6-7-14-26(24)32-27-15-16-33(19-25(27)28)18-21-9-4-3-5-10-21/h3-14,17,20H,15-16,18-19H2,1-2H3,(H,31,34). The number of nitrogens with zero attached hydrogens (tertiary/aromatic N) is 2. The smallest absolute Gasteiger partial charge is 0.339 e. The molecule has 3 aromatic carbocycles. The highest BCUT2D eigenvalue weighted by atomic mass is 16.5. The van der Waals surface area contributed by atoms with Crippen LogP contribution >= 0.6 is 0 Å². The molecule has 1 aromatic heterocycles. The second-order valence-corrected chi connectivity index (χ2v) is 9.14. The number of benzene rings is 3. The number of carbonyl (C=O) groups is 2. The third-order valence-electron chi connectivity index (χ3n) is 6.57. The fourth-order valence-electron chi connectivity index (χ4n) is 4.67. The predicted molar refractivity (Wildman–Crippen MR) is 143 cm³/mol. The van der Waals surface area contributed by atoms with Crippen LogP contribution in [0.2, 0.25) is 0 Å². The van der Waals surface area contributed by atoms with E-state index in [1.54, 1.807) is 38.3 Å². The van der Waals surface area contributed by atoms with E-state index in [0.717, 1.165) is 41.7 Å². The van der Waals surface area contributed by atoms with E-state index in [0.29, 0.717) is 23.5 Å². The molecule has 0 bridgehead atoms. The number of ether oxygens (including phenoxy) is 2. The van der Waals surface area contributed by atoms with Crippen LogP contribution in [0.3, 0.4) is 0 Å². The molecule has 188 valence electrons. The molecule has 4 aromatic rings. The van der Waals surface area contributed by atoms with Crippen molar-refractivity contribution in [2.75, 3.05) is 19.0 Å². The van der Waals surface area contributed by atoms with Crippen molar-refractivity contribution in [3.05, 3.63) is 101 Å². The van der Waals surface area contributed by atoms with Crippen molar-refractivity contribution in [1.29, 1.82) is 0 Å². The average Bonchev–Trinajstić information content (AvgIpc) is 2.92. The number of carbonyl (C=O) groups excluding carboxylic acids is 2. The maximum Gasteiger partial charge on any atom is 0.339 e. The fourth-order valence-corrected chi connectivity index (χ4v) is 4.67. The van der Waals surface area contributed by atoms with Crippen molar-refractivity contribution in [2.45, 2.75) is 32.5 Å². The number of rotatable bonds is 7. The van der Waals surface area contributed by atoms with Gasteiger partial charge in [-0.1, -0.05) is 54.6 Å². The number of hydrogen-bond acceptors (Lipinski definition) is 6. The number of methoxy groups -OCH3 is 1. The molecule has 0 aliphatic carbocycles. The number of anilines is 1. The van der Waals surface area contributed by atoms with Crippen LogP contribution in [-0.4, -0.2) is 41.5 Å². The van der Waals surface area contributed by atoms with Gasteiger partial charge in [0.05, 0.1) is 18.2 Å². The van der Waals surface area contributed by atoms with Gasteiger partial charge in [0, 0.05) is 54.5 Å². The van der Waals surface area contributed by atoms with E-state index in [-0.39, 0.29) is 0 Å². The van der Waals surface area contributed by atoms with Gasteiger partial charge in [0.25, 0.3) is 5.91 Å². The minimum atomic E-state index is -0.995. The zero-order valence-corrected chi connectivity index (χ0v) is 20.9. The van der Waals surface area contributed by atoms with Crippen LogP contribution in [0.25, 0.3) is 10.9 Å². The van der Waals surface area contributed by atoms with Gasteiger partial charge in [-0.15, -0.1) is 0 Å². The first-order valence-electron chi connectivity index (χ1n) is 12.3. The molecule has 1 unspecified atom stereocenters. The first kappa shape index (κ1) is 24.5. The summed E-state index contributed by atoms with van der Waals surface area (Å²) in [5.74, 6) is -0.318. The number of esters is 1. The molecule has 1 N–H and O–H groups in total. The van der Waals surface area contributed by atoms with Crippen molar-refractivity contribution in [3.63, 3.8) is 0 Å². The maximum atomic E-state index is 13.6. The zero-order valence-electron chi connectivity index (χ0n) is 20.9. The van der Waals surface area contributed by atoms with Crippen molar-refractivity contribution < 1.29 is 19.1 Å². The first-order chi connectivity index (χ1) is 18.0. The number of pyridine rings is 1. The summed E-state index contributed by atoms with van der Waals surface area (Å²) in [5, 5.41) is 3.52. The molecule has 2 heterocycles. The monoisotopic (exact) mass is 495 g/mol. The summed E-state index contributed by atoms with van der Waals surface area (Å²) in [7, 11) is 1.56. The third kappa shape index (κ3) is 5.47. The largest absolute Gasteiger partial charge is 0.497 e. The van der Waals surface area contributed by atoms with Crippen LogP contribution < -0.4 is 10.1 Å². The van der Waals surface area contributed by atoms with Crippen LogP contribution in [0.1, 0.15) is 34.1 Å². The van der Waals surface area contributed by atoms with Crippen molar-refractivity contribution >= 4 is 28.5 Å². The topological polar surface area (TPSA) is 80.8 Å². The molecular weight excluding hydrogens is 466 g/mol. The molecule has 7 nitrogen and oxygen atoms in total. The molecule has 1 amide bonds. The lowest BCUT2D eigenvalue weighted by Gasteiger charge is -2.30. The molecule has 0 saturated heterocycles. The molecule has 0 saturated carbocycles. The second-order valence-electron chi connectivity index (χ2n) is 9.14. The first-order valence-corrected chi connectivity index (χ1v) is 12.3. The molecule has 1 aliphatic rings. The molecule has 0 radical (unpaired) electrons.